The first-order valence-corrected chi connectivity index (χ1v) is 9.33. The van der Waals surface area contributed by atoms with E-state index in [1.165, 1.54) is 21.4 Å². The third-order valence-electron chi connectivity index (χ3n) is 5.00. The molecule has 3 nitrogen and oxygen atoms in total. The Morgan fingerprint density at radius 3 is 3.00 bits per heavy atom. The summed E-state index contributed by atoms with van der Waals surface area (Å²) >= 11 is 1.70. The van der Waals surface area contributed by atoms with Crippen molar-refractivity contribution < 1.29 is 4.74 Å². The summed E-state index contributed by atoms with van der Waals surface area (Å²) in [4.78, 5) is 7.03. The molecular weight excluding hydrogens is 316 g/mol. The van der Waals surface area contributed by atoms with Gasteiger partial charge in [0.25, 0.3) is 0 Å². The van der Waals surface area contributed by atoms with E-state index >= 15 is 0 Å². The van der Waals surface area contributed by atoms with Gasteiger partial charge in [-0.1, -0.05) is 12.1 Å². The second-order valence-corrected chi connectivity index (χ2v) is 7.45. The molecule has 0 radical (unpaired) electrons. The average Bonchev–Trinajstić information content (AvgIpc) is 3.01. The third kappa shape index (κ3) is 3.04. The lowest BCUT2D eigenvalue weighted by molar-refractivity contribution is 0.208. The summed E-state index contributed by atoms with van der Waals surface area (Å²) in [6.45, 7) is 4.40. The molecular formula is C20H22N2OS. The number of benzene rings is 2. The molecule has 2 aromatic carbocycles. The molecule has 24 heavy (non-hydrogen) atoms. The zero-order valence-electron chi connectivity index (χ0n) is 14.2. The van der Waals surface area contributed by atoms with Gasteiger partial charge in [-0.3, -0.25) is 4.90 Å². The van der Waals surface area contributed by atoms with E-state index in [9.17, 15) is 0 Å². The highest BCUT2D eigenvalue weighted by molar-refractivity contribution is 7.16. The molecule has 2 heterocycles. The molecule has 0 aliphatic carbocycles. The first-order valence-electron chi connectivity index (χ1n) is 8.45. The molecule has 1 aromatic heterocycles. The zero-order valence-corrected chi connectivity index (χ0v) is 15.0. The number of fused-ring (bicyclic) bond motifs is 2. The van der Waals surface area contributed by atoms with Crippen molar-refractivity contribution in [1.82, 2.24) is 9.88 Å². The lowest BCUT2D eigenvalue weighted by atomic mass is 10.0. The molecule has 3 aromatic rings. The van der Waals surface area contributed by atoms with Gasteiger partial charge < -0.3 is 4.74 Å². The monoisotopic (exact) mass is 338 g/mol. The second kappa shape index (κ2) is 6.54. The van der Waals surface area contributed by atoms with Crippen LogP contribution < -0.4 is 4.74 Å². The second-order valence-electron chi connectivity index (χ2n) is 6.56. The highest BCUT2D eigenvalue weighted by atomic mass is 32.1. The predicted molar refractivity (Wildman–Crippen MR) is 99.9 cm³/mol. The fraction of sp³-hybridized carbons (Fsp3) is 0.350. The van der Waals surface area contributed by atoms with Gasteiger partial charge in [0, 0.05) is 19.1 Å². The molecule has 0 N–H and O–H groups in total. The Morgan fingerprint density at radius 2 is 2.12 bits per heavy atom. The summed E-state index contributed by atoms with van der Waals surface area (Å²) in [7, 11) is 1.74. The normalized spacial score (nSPS) is 18.3. The number of aromatic nitrogens is 1. The molecule has 1 atom stereocenters. The first-order chi connectivity index (χ1) is 11.7. The smallest absolute Gasteiger partial charge is 0.119 e. The van der Waals surface area contributed by atoms with Crippen LogP contribution in [0, 0.1) is 0 Å². The summed E-state index contributed by atoms with van der Waals surface area (Å²) in [6.07, 6.45) is 2.17. The van der Waals surface area contributed by atoms with Gasteiger partial charge in [-0.25, -0.2) is 4.98 Å². The third-order valence-corrected chi connectivity index (χ3v) is 5.81. The van der Waals surface area contributed by atoms with E-state index in [0.29, 0.717) is 6.04 Å². The first kappa shape index (κ1) is 15.6. The predicted octanol–water partition coefficient (Wildman–Crippen LogP) is 4.29. The molecule has 4 rings (SSSR count). The quantitative estimate of drug-likeness (QED) is 0.712. The summed E-state index contributed by atoms with van der Waals surface area (Å²) in [5, 5.41) is 0. The highest BCUT2D eigenvalue weighted by Crippen LogP contribution is 2.26. The standard InChI is InChI=1S/C20H22N2OS/c1-14-9-16-4-5-18(23-2)11-17(16)7-8-22(14)12-15-3-6-20-19(10-15)21-13-24-20/h3-6,10-11,13-14H,7-9,12H2,1-2H3/t14-/m1/s1. The maximum atomic E-state index is 5.38. The van der Waals surface area contributed by atoms with E-state index in [1.54, 1.807) is 18.4 Å². The minimum Gasteiger partial charge on any atom is -0.497 e. The number of nitrogens with zero attached hydrogens (tertiary/aromatic N) is 2. The van der Waals surface area contributed by atoms with E-state index in [-0.39, 0.29) is 0 Å². The van der Waals surface area contributed by atoms with Gasteiger partial charge in [0.15, 0.2) is 0 Å². The molecule has 0 bridgehead atoms. The van der Waals surface area contributed by atoms with Crippen molar-refractivity contribution in [2.75, 3.05) is 13.7 Å². The van der Waals surface area contributed by atoms with Crippen molar-refractivity contribution in [2.45, 2.75) is 32.4 Å². The summed E-state index contributed by atoms with van der Waals surface area (Å²) in [6, 6.07) is 13.7. The molecule has 124 valence electrons. The Hall–Kier alpha value is -1.91. The maximum Gasteiger partial charge on any atom is 0.119 e. The topological polar surface area (TPSA) is 25.4 Å². The number of rotatable bonds is 3. The van der Waals surface area contributed by atoms with E-state index in [0.717, 1.165) is 37.2 Å². The Labute approximate surface area is 146 Å². The van der Waals surface area contributed by atoms with Gasteiger partial charge in [-0.05, 0) is 60.7 Å². The van der Waals surface area contributed by atoms with Gasteiger partial charge in [0.05, 0.1) is 22.8 Å². The molecule has 0 fully saturated rings. The fourth-order valence-corrected chi connectivity index (χ4v) is 4.22. The van der Waals surface area contributed by atoms with E-state index in [4.69, 9.17) is 4.74 Å². The molecule has 0 saturated heterocycles. The SMILES string of the molecule is COc1ccc2c(c1)CCN(Cc1ccc3scnc3c1)[C@H](C)C2. The van der Waals surface area contributed by atoms with Crippen LogP contribution in [0.15, 0.2) is 41.9 Å². The van der Waals surface area contributed by atoms with Crippen LogP contribution in [-0.4, -0.2) is 29.6 Å². The van der Waals surface area contributed by atoms with Crippen LogP contribution in [0.3, 0.4) is 0 Å². The summed E-state index contributed by atoms with van der Waals surface area (Å²) in [5.41, 5.74) is 7.28. The fourth-order valence-electron chi connectivity index (χ4n) is 3.56. The number of ether oxygens (including phenoxy) is 1. The Bertz CT molecular complexity index is 858. The van der Waals surface area contributed by atoms with Crippen LogP contribution in [0.5, 0.6) is 5.75 Å². The molecule has 1 aliphatic rings. The van der Waals surface area contributed by atoms with Crippen LogP contribution in [0.1, 0.15) is 23.6 Å². The van der Waals surface area contributed by atoms with Crippen molar-refractivity contribution in [1.29, 1.82) is 0 Å². The van der Waals surface area contributed by atoms with Crippen LogP contribution in [-0.2, 0) is 19.4 Å². The van der Waals surface area contributed by atoms with Crippen LogP contribution in [0.4, 0.5) is 0 Å². The van der Waals surface area contributed by atoms with Gasteiger partial charge in [0.1, 0.15) is 5.75 Å². The zero-order chi connectivity index (χ0) is 16.5. The number of methoxy groups -OCH3 is 1. The van der Waals surface area contributed by atoms with Crippen molar-refractivity contribution >= 4 is 21.6 Å². The Kier molecular flexibility index (Phi) is 4.25. The van der Waals surface area contributed by atoms with Crippen LogP contribution in [0.25, 0.3) is 10.2 Å². The Morgan fingerprint density at radius 1 is 1.21 bits per heavy atom. The van der Waals surface area contributed by atoms with E-state index in [2.05, 4.69) is 53.2 Å². The minimum atomic E-state index is 0.533. The van der Waals surface area contributed by atoms with E-state index in [1.807, 2.05) is 5.51 Å². The van der Waals surface area contributed by atoms with Crippen LogP contribution in [0.2, 0.25) is 0 Å². The molecule has 0 unspecified atom stereocenters. The number of hydrogen-bond acceptors (Lipinski definition) is 4. The minimum absolute atomic E-state index is 0.533. The van der Waals surface area contributed by atoms with Gasteiger partial charge in [0.2, 0.25) is 0 Å². The van der Waals surface area contributed by atoms with Crippen LogP contribution >= 0.6 is 11.3 Å². The molecule has 0 amide bonds. The van der Waals surface area contributed by atoms with Gasteiger partial charge >= 0.3 is 0 Å². The van der Waals surface area contributed by atoms with Crippen molar-refractivity contribution in [2.24, 2.45) is 0 Å². The lowest BCUT2D eigenvalue weighted by Gasteiger charge is -2.27. The molecule has 0 saturated carbocycles. The van der Waals surface area contributed by atoms with Crippen molar-refractivity contribution in [3.63, 3.8) is 0 Å². The molecule has 0 spiro atoms. The average molecular weight is 338 g/mol. The van der Waals surface area contributed by atoms with Crippen molar-refractivity contribution in [3.8, 4) is 5.75 Å². The highest BCUT2D eigenvalue weighted by Gasteiger charge is 2.21. The molecule has 4 heteroatoms. The summed E-state index contributed by atoms with van der Waals surface area (Å²) < 4.78 is 6.65. The molecule has 1 aliphatic heterocycles. The lowest BCUT2D eigenvalue weighted by Crippen LogP contribution is -2.33. The number of thiazole rings is 1. The van der Waals surface area contributed by atoms with Gasteiger partial charge in [-0.15, -0.1) is 11.3 Å². The van der Waals surface area contributed by atoms with Gasteiger partial charge in [-0.2, -0.15) is 0 Å². The largest absolute Gasteiger partial charge is 0.497 e. The maximum absolute atomic E-state index is 5.38. The van der Waals surface area contributed by atoms with Crippen molar-refractivity contribution in [3.05, 3.63) is 58.6 Å². The van der Waals surface area contributed by atoms with E-state index < -0.39 is 0 Å². The Balaban J connectivity index is 1.54. The number of hydrogen-bond donors (Lipinski definition) is 0. The summed E-state index contributed by atoms with van der Waals surface area (Å²) in [5.74, 6) is 0.962.